The van der Waals surface area contributed by atoms with Crippen LogP contribution in [-0.2, 0) is 4.79 Å². The predicted octanol–water partition coefficient (Wildman–Crippen LogP) is 4.85. The highest BCUT2D eigenvalue weighted by Gasteiger charge is 2.37. The zero-order valence-corrected chi connectivity index (χ0v) is 25.0. The minimum atomic E-state index is -0.952. The van der Waals surface area contributed by atoms with Crippen LogP contribution in [0.3, 0.4) is 0 Å². The number of ether oxygens (including phenoxy) is 2. The number of halogens is 2. The van der Waals surface area contributed by atoms with Crippen molar-refractivity contribution in [3.63, 3.8) is 0 Å². The van der Waals surface area contributed by atoms with Gasteiger partial charge in [0, 0.05) is 49.2 Å². The molecule has 1 unspecified atom stereocenters. The monoisotopic (exact) mass is 594 g/mol. The lowest BCUT2D eigenvalue weighted by Gasteiger charge is -2.42. The lowest BCUT2D eigenvalue weighted by molar-refractivity contribution is -0.131. The Morgan fingerprint density at radius 3 is 2.62 bits per heavy atom. The molecule has 2 aromatic carbocycles. The number of likely N-dealkylation sites (N-methyl/N-ethyl adjacent to an activating group) is 2. The Morgan fingerprint density at radius 2 is 1.90 bits per heavy atom. The summed E-state index contributed by atoms with van der Waals surface area (Å²) in [4.78, 5) is 30.0. The first-order valence-corrected chi connectivity index (χ1v) is 14.8. The summed E-state index contributed by atoms with van der Waals surface area (Å²) in [5, 5.41) is 2.74. The van der Waals surface area contributed by atoms with Gasteiger partial charge in [0.15, 0.2) is 17.5 Å². The van der Waals surface area contributed by atoms with E-state index in [0.29, 0.717) is 61.3 Å². The maximum atomic E-state index is 13.7. The van der Waals surface area contributed by atoms with Crippen LogP contribution in [0.1, 0.15) is 31.4 Å². The molecule has 0 N–H and O–H groups in total. The SMILES string of the molecule is C=C(F)C(=O)N1CCN(c2nc(OC[C@@H]3CCCN3C)nc3c2OCC(c2cccc4cccc(Cl)c24)N3C)C[C@H]1C. The van der Waals surface area contributed by atoms with E-state index in [2.05, 4.69) is 46.5 Å². The van der Waals surface area contributed by atoms with Gasteiger partial charge in [-0.15, -0.1) is 0 Å². The summed E-state index contributed by atoms with van der Waals surface area (Å²) in [5.74, 6) is 0.163. The molecular weight excluding hydrogens is 559 g/mol. The average Bonchev–Trinajstić information content (AvgIpc) is 3.40. The van der Waals surface area contributed by atoms with Crippen LogP contribution >= 0.6 is 11.6 Å². The number of amides is 1. The number of benzene rings is 2. The van der Waals surface area contributed by atoms with Gasteiger partial charge in [-0.05, 0) is 50.4 Å². The van der Waals surface area contributed by atoms with Crippen molar-refractivity contribution in [1.82, 2.24) is 19.8 Å². The summed E-state index contributed by atoms with van der Waals surface area (Å²) in [6.45, 7) is 8.21. The van der Waals surface area contributed by atoms with E-state index >= 15 is 0 Å². The number of hydrogen-bond acceptors (Lipinski definition) is 8. The second-order valence-electron chi connectivity index (χ2n) is 11.4. The highest BCUT2D eigenvalue weighted by Crippen LogP contribution is 2.45. The number of fused-ring (bicyclic) bond motifs is 2. The molecule has 0 radical (unpaired) electrons. The number of carbonyl (C=O) groups excluding carboxylic acids is 1. The molecule has 2 fully saturated rings. The highest BCUT2D eigenvalue weighted by molar-refractivity contribution is 6.35. The van der Waals surface area contributed by atoms with Crippen molar-refractivity contribution >= 4 is 39.9 Å². The van der Waals surface area contributed by atoms with Gasteiger partial charge in [-0.3, -0.25) is 4.79 Å². The quantitative estimate of drug-likeness (QED) is 0.375. The van der Waals surface area contributed by atoms with Crippen molar-refractivity contribution in [3.05, 3.63) is 59.4 Å². The average molecular weight is 595 g/mol. The number of nitrogens with zero attached hydrogens (tertiary/aromatic N) is 6. The van der Waals surface area contributed by atoms with Crippen LogP contribution in [0.4, 0.5) is 16.0 Å². The van der Waals surface area contributed by atoms with Crippen molar-refractivity contribution in [2.24, 2.45) is 0 Å². The van der Waals surface area contributed by atoms with Gasteiger partial charge in [-0.2, -0.15) is 9.97 Å². The molecule has 3 aliphatic rings. The van der Waals surface area contributed by atoms with Crippen LogP contribution in [0, 0.1) is 0 Å². The van der Waals surface area contributed by atoms with Crippen molar-refractivity contribution in [3.8, 4) is 11.8 Å². The molecule has 1 aromatic heterocycles. The molecule has 4 heterocycles. The summed E-state index contributed by atoms with van der Waals surface area (Å²) < 4.78 is 26.4. The Hall–Kier alpha value is -3.63. The number of hydrogen-bond donors (Lipinski definition) is 0. The molecule has 222 valence electrons. The molecule has 0 spiro atoms. The van der Waals surface area contributed by atoms with Crippen LogP contribution in [0.2, 0.25) is 5.02 Å². The van der Waals surface area contributed by atoms with E-state index in [9.17, 15) is 9.18 Å². The standard InChI is InChI=1S/C31H36ClFN6O3/c1-19-16-38(14-15-39(19)30(40)20(2)33)29-27-28(34-31(35-29)42-17-22-10-7-13-36(22)3)37(4)25(18-41-27)23-11-5-8-21-9-6-12-24(32)26(21)23/h5-6,8-9,11-12,19,22,25H,2,7,10,13-18H2,1,3-4H3/t19-,22+,25?/m1/s1. The van der Waals surface area contributed by atoms with Gasteiger partial charge in [0.2, 0.25) is 5.75 Å². The molecule has 3 aromatic rings. The largest absolute Gasteiger partial charge is 0.484 e. The number of rotatable bonds is 6. The number of piperazine rings is 1. The van der Waals surface area contributed by atoms with E-state index in [0.717, 1.165) is 35.7 Å². The van der Waals surface area contributed by atoms with Crippen LogP contribution in [0.15, 0.2) is 48.8 Å². The Morgan fingerprint density at radius 1 is 1.14 bits per heavy atom. The third-order valence-electron chi connectivity index (χ3n) is 8.74. The van der Waals surface area contributed by atoms with E-state index in [1.54, 1.807) is 0 Å². The summed E-state index contributed by atoms with van der Waals surface area (Å²) in [5.41, 5.74) is 1.05. The molecule has 9 nitrogen and oxygen atoms in total. The van der Waals surface area contributed by atoms with Gasteiger partial charge in [-0.25, -0.2) is 4.39 Å². The topological polar surface area (TPSA) is 74.3 Å². The summed E-state index contributed by atoms with van der Waals surface area (Å²) in [7, 11) is 4.11. The molecule has 3 atom stereocenters. The number of aromatic nitrogens is 2. The van der Waals surface area contributed by atoms with Crippen LogP contribution in [0.25, 0.3) is 10.8 Å². The number of carbonyl (C=O) groups is 1. The smallest absolute Gasteiger partial charge is 0.320 e. The third kappa shape index (κ3) is 5.22. The lowest BCUT2D eigenvalue weighted by Crippen LogP contribution is -2.54. The molecule has 3 aliphatic heterocycles. The molecule has 2 saturated heterocycles. The zero-order chi connectivity index (χ0) is 29.5. The second kappa shape index (κ2) is 11.6. The highest BCUT2D eigenvalue weighted by atomic mass is 35.5. The summed E-state index contributed by atoms with van der Waals surface area (Å²) in [6.07, 6.45) is 2.20. The molecule has 11 heteroatoms. The van der Waals surface area contributed by atoms with Crippen molar-refractivity contribution in [1.29, 1.82) is 0 Å². The van der Waals surface area contributed by atoms with Gasteiger partial charge >= 0.3 is 6.01 Å². The van der Waals surface area contributed by atoms with Gasteiger partial charge < -0.3 is 29.1 Å². The fourth-order valence-corrected chi connectivity index (χ4v) is 6.63. The normalized spacial score (nSPS) is 22.7. The zero-order valence-electron chi connectivity index (χ0n) is 24.2. The van der Waals surface area contributed by atoms with E-state index in [1.165, 1.54) is 4.90 Å². The second-order valence-corrected chi connectivity index (χ2v) is 11.8. The van der Waals surface area contributed by atoms with Gasteiger partial charge in [-0.1, -0.05) is 48.5 Å². The Kier molecular flexibility index (Phi) is 7.85. The molecule has 0 bridgehead atoms. The van der Waals surface area contributed by atoms with E-state index < -0.39 is 11.7 Å². The Bertz CT molecular complexity index is 1520. The van der Waals surface area contributed by atoms with Gasteiger partial charge in [0.1, 0.15) is 13.2 Å². The van der Waals surface area contributed by atoms with E-state index in [-0.39, 0.29) is 18.1 Å². The first-order chi connectivity index (χ1) is 20.2. The minimum Gasteiger partial charge on any atom is -0.484 e. The molecule has 0 aliphatic carbocycles. The van der Waals surface area contributed by atoms with Crippen LogP contribution < -0.4 is 19.3 Å². The molecule has 0 saturated carbocycles. The third-order valence-corrected chi connectivity index (χ3v) is 9.05. The van der Waals surface area contributed by atoms with E-state index in [1.807, 2.05) is 32.2 Å². The fourth-order valence-electron chi connectivity index (χ4n) is 6.34. The molecule has 1 amide bonds. The van der Waals surface area contributed by atoms with E-state index in [4.69, 9.17) is 31.0 Å². The lowest BCUT2D eigenvalue weighted by atomic mass is 9.97. The maximum absolute atomic E-state index is 13.7. The number of likely N-dealkylation sites (tertiary alicyclic amines) is 1. The van der Waals surface area contributed by atoms with Crippen molar-refractivity contribution < 1.29 is 18.7 Å². The maximum Gasteiger partial charge on any atom is 0.320 e. The first-order valence-electron chi connectivity index (χ1n) is 14.4. The summed E-state index contributed by atoms with van der Waals surface area (Å²) in [6, 6.07) is 12.2. The molecule has 6 rings (SSSR count). The van der Waals surface area contributed by atoms with Crippen molar-refractivity contribution in [2.75, 3.05) is 63.3 Å². The summed E-state index contributed by atoms with van der Waals surface area (Å²) >= 11 is 6.69. The molecular formula is C31H36ClFN6O3. The minimum absolute atomic E-state index is 0.151. The molecule has 42 heavy (non-hydrogen) atoms. The Balaban J connectivity index is 1.36. The predicted molar refractivity (Wildman–Crippen MR) is 162 cm³/mol. The fraction of sp³-hybridized carbons (Fsp3) is 0.452. The van der Waals surface area contributed by atoms with Gasteiger partial charge in [0.05, 0.1) is 6.04 Å². The van der Waals surface area contributed by atoms with Gasteiger partial charge in [0.25, 0.3) is 5.91 Å². The Labute approximate surface area is 250 Å². The van der Waals surface area contributed by atoms with Crippen molar-refractivity contribution in [2.45, 2.75) is 37.9 Å². The first kappa shape index (κ1) is 28.5. The van der Waals surface area contributed by atoms with Crippen LogP contribution in [-0.4, -0.2) is 91.2 Å². The van der Waals surface area contributed by atoms with Crippen LogP contribution in [0.5, 0.6) is 11.8 Å². The number of anilines is 2.